The Hall–Kier alpha value is -0.590. The Morgan fingerprint density at radius 1 is 1.50 bits per heavy atom. The van der Waals surface area contributed by atoms with E-state index in [0.717, 1.165) is 19.4 Å². The molecule has 1 saturated carbocycles. The highest BCUT2D eigenvalue weighted by molar-refractivity contribution is 5.04. The third kappa shape index (κ3) is 2.75. The molecule has 1 rings (SSSR count). The molecule has 0 bridgehead atoms. The minimum absolute atomic E-state index is 0.193. The van der Waals surface area contributed by atoms with Crippen molar-refractivity contribution in [2.75, 3.05) is 6.61 Å². The van der Waals surface area contributed by atoms with Crippen molar-refractivity contribution in [3.05, 3.63) is 0 Å². The Bertz CT molecular complexity index is 257. The van der Waals surface area contributed by atoms with E-state index in [9.17, 15) is 0 Å². The van der Waals surface area contributed by atoms with Crippen LogP contribution in [0.1, 0.15) is 47.0 Å². The lowest BCUT2D eigenvalue weighted by Crippen LogP contribution is -2.62. The Balaban J connectivity index is 2.43. The van der Waals surface area contributed by atoms with Crippen molar-refractivity contribution in [1.29, 1.82) is 5.26 Å². The zero-order chi connectivity index (χ0) is 12.2. The Morgan fingerprint density at radius 3 is 2.62 bits per heavy atom. The maximum atomic E-state index is 8.72. The predicted octanol–water partition coefficient (Wildman–Crippen LogP) is 2.47. The quantitative estimate of drug-likeness (QED) is 0.754. The van der Waals surface area contributed by atoms with Crippen molar-refractivity contribution in [2.45, 2.75) is 65.1 Å². The van der Waals surface area contributed by atoms with Gasteiger partial charge < -0.3 is 10.1 Å². The van der Waals surface area contributed by atoms with Gasteiger partial charge in [0.05, 0.1) is 18.6 Å². The fourth-order valence-electron chi connectivity index (χ4n) is 2.37. The summed E-state index contributed by atoms with van der Waals surface area (Å²) in [4.78, 5) is 0. The topological polar surface area (TPSA) is 45.0 Å². The van der Waals surface area contributed by atoms with E-state index in [1.165, 1.54) is 0 Å². The van der Waals surface area contributed by atoms with Gasteiger partial charge >= 0.3 is 0 Å². The highest BCUT2D eigenvalue weighted by Gasteiger charge is 2.49. The Kier molecular flexibility index (Phi) is 4.76. The average molecular weight is 224 g/mol. The van der Waals surface area contributed by atoms with Crippen molar-refractivity contribution in [3.8, 4) is 6.07 Å². The molecular weight excluding hydrogens is 200 g/mol. The number of nitriles is 1. The first kappa shape index (κ1) is 13.5. The molecule has 1 fully saturated rings. The van der Waals surface area contributed by atoms with Gasteiger partial charge in [0.25, 0.3) is 0 Å². The van der Waals surface area contributed by atoms with Crippen LogP contribution in [0.4, 0.5) is 0 Å². The molecular formula is C13H24N2O. The first-order valence-corrected chi connectivity index (χ1v) is 6.30. The fraction of sp³-hybridized carbons (Fsp3) is 0.923. The molecule has 3 atom stereocenters. The van der Waals surface area contributed by atoms with E-state index in [4.69, 9.17) is 10.00 Å². The minimum atomic E-state index is 0.193. The van der Waals surface area contributed by atoms with E-state index in [1.807, 2.05) is 6.92 Å². The van der Waals surface area contributed by atoms with E-state index in [-0.39, 0.29) is 5.41 Å². The number of nitrogens with zero attached hydrogens (tertiary/aromatic N) is 1. The summed E-state index contributed by atoms with van der Waals surface area (Å²) in [5.74, 6) is 0. The van der Waals surface area contributed by atoms with Gasteiger partial charge in [0.2, 0.25) is 0 Å². The standard InChI is InChI=1S/C13H24N2O/c1-5-10(7-8-14)15-11-9-12(16-6-2)13(11,3)4/h10-12,15H,5-7,9H2,1-4H3. The number of hydrogen-bond acceptors (Lipinski definition) is 3. The molecule has 0 aromatic rings. The molecule has 0 aromatic carbocycles. The van der Waals surface area contributed by atoms with Crippen LogP contribution in [0.2, 0.25) is 0 Å². The van der Waals surface area contributed by atoms with Crippen molar-refractivity contribution >= 4 is 0 Å². The average Bonchev–Trinajstić information content (AvgIpc) is 2.26. The first-order valence-electron chi connectivity index (χ1n) is 6.30. The Morgan fingerprint density at radius 2 is 2.19 bits per heavy atom. The summed E-state index contributed by atoms with van der Waals surface area (Å²) in [5.41, 5.74) is 0.193. The zero-order valence-corrected chi connectivity index (χ0v) is 10.9. The molecule has 92 valence electrons. The molecule has 3 unspecified atom stereocenters. The molecule has 3 heteroatoms. The SMILES string of the molecule is CCOC1CC(NC(CC)CC#N)C1(C)C. The second kappa shape index (κ2) is 5.65. The second-order valence-corrected chi connectivity index (χ2v) is 5.19. The van der Waals surface area contributed by atoms with Crippen molar-refractivity contribution < 1.29 is 4.74 Å². The van der Waals surface area contributed by atoms with Crippen LogP contribution < -0.4 is 5.32 Å². The summed E-state index contributed by atoms with van der Waals surface area (Å²) in [5, 5.41) is 12.3. The van der Waals surface area contributed by atoms with E-state index in [2.05, 4.69) is 32.2 Å². The molecule has 0 aromatic heterocycles. The molecule has 0 saturated heterocycles. The van der Waals surface area contributed by atoms with E-state index in [1.54, 1.807) is 0 Å². The number of rotatable bonds is 6. The van der Waals surface area contributed by atoms with Gasteiger partial charge in [0.1, 0.15) is 0 Å². The zero-order valence-electron chi connectivity index (χ0n) is 10.9. The summed E-state index contributed by atoms with van der Waals surface area (Å²) >= 11 is 0. The predicted molar refractivity (Wildman–Crippen MR) is 65.0 cm³/mol. The van der Waals surface area contributed by atoms with Crippen LogP contribution in [0.15, 0.2) is 0 Å². The van der Waals surface area contributed by atoms with Gasteiger partial charge in [-0.2, -0.15) is 5.26 Å². The molecule has 1 N–H and O–H groups in total. The molecule has 0 radical (unpaired) electrons. The molecule has 0 spiro atoms. The Labute approximate surface area is 99.2 Å². The molecule has 1 aliphatic carbocycles. The lowest BCUT2D eigenvalue weighted by atomic mass is 9.64. The normalized spacial score (nSPS) is 29.2. The minimum Gasteiger partial charge on any atom is -0.378 e. The van der Waals surface area contributed by atoms with Crippen LogP contribution in [-0.2, 0) is 4.74 Å². The molecule has 0 amide bonds. The molecule has 3 nitrogen and oxygen atoms in total. The molecule has 0 heterocycles. The van der Waals surface area contributed by atoms with Gasteiger partial charge in [-0.3, -0.25) is 0 Å². The van der Waals surface area contributed by atoms with Gasteiger partial charge in [-0.15, -0.1) is 0 Å². The smallest absolute Gasteiger partial charge is 0.0655 e. The lowest BCUT2D eigenvalue weighted by molar-refractivity contribution is -0.116. The monoisotopic (exact) mass is 224 g/mol. The maximum absolute atomic E-state index is 8.72. The molecule has 16 heavy (non-hydrogen) atoms. The van der Waals surface area contributed by atoms with Gasteiger partial charge in [0.15, 0.2) is 0 Å². The van der Waals surface area contributed by atoms with Gasteiger partial charge in [-0.1, -0.05) is 20.8 Å². The summed E-state index contributed by atoms with van der Waals surface area (Å²) in [6, 6.07) is 3.06. The van der Waals surface area contributed by atoms with Crippen LogP contribution in [0.5, 0.6) is 0 Å². The van der Waals surface area contributed by atoms with Gasteiger partial charge in [-0.25, -0.2) is 0 Å². The lowest BCUT2D eigenvalue weighted by Gasteiger charge is -2.52. The third-order valence-corrected chi connectivity index (χ3v) is 3.81. The highest BCUT2D eigenvalue weighted by atomic mass is 16.5. The number of ether oxygens (including phenoxy) is 1. The van der Waals surface area contributed by atoms with Gasteiger partial charge in [-0.05, 0) is 19.8 Å². The number of nitrogens with one attached hydrogen (secondary N) is 1. The van der Waals surface area contributed by atoms with E-state index < -0.39 is 0 Å². The molecule has 0 aliphatic heterocycles. The van der Waals surface area contributed by atoms with Crippen LogP contribution >= 0.6 is 0 Å². The summed E-state index contributed by atoms with van der Waals surface area (Å²) in [6.07, 6.45) is 3.06. The number of hydrogen-bond donors (Lipinski definition) is 1. The van der Waals surface area contributed by atoms with Crippen molar-refractivity contribution in [1.82, 2.24) is 5.32 Å². The maximum Gasteiger partial charge on any atom is 0.0655 e. The molecule has 1 aliphatic rings. The van der Waals surface area contributed by atoms with Crippen LogP contribution in [0, 0.1) is 16.7 Å². The summed E-state index contributed by atoms with van der Waals surface area (Å²) in [7, 11) is 0. The van der Waals surface area contributed by atoms with Crippen LogP contribution in [0.3, 0.4) is 0 Å². The highest BCUT2D eigenvalue weighted by Crippen LogP contribution is 2.43. The van der Waals surface area contributed by atoms with Crippen LogP contribution in [0.25, 0.3) is 0 Å². The summed E-state index contributed by atoms with van der Waals surface area (Å²) in [6.45, 7) is 9.44. The van der Waals surface area contributed by atoms with Crippen LogP contribution in [-0.4, -0.2) is 24.8 Å². The van der Waals surface area contributed by atoms with Gasteiger partial charge in [0, 0.05) is 24.1 Å². The summed E-state index contributed by atoms with van der Waals surface area (Å²) < 4.78 is 5.69. The first-order chi connectivity index (χ1) is 7.56. The fourth-order valence-corrected chi connectivity index (χ4v) is 2.37. The van der Waals surface area contributed by atoms with Crippen molar-refractivity contribution in [2.24, 2.45) is 5.41 Å². The largest absolute Gasteiger partial charge is 0.378 e. The third-order valence-electron chi connectivity index (χ3n) is 3.81. The van der Waals surface area contributed by atoms with Crippen molar-refractivity contribution in [3.63, 3.8) is 0 Å². The van der Waals surface area contributed by atoms with E-state index >= 15 is 0 Å². The second-order valence-electron chi connectivity index (χ2n) is 5.19. The van der Waals surface area contributed by atoms with E-state index in [0.29, 0.717) is 24.6 Å².